The van der Waals surface area contributed by atoms with Crippen molar-refractivity contribution < 1.29 is 4.74 Å². The number of hydrogen-bond donors (Lipinski definition) is 1. The van der Waals surface area contributed by atoms with E-state index in [0.717, 1.165) is 12.5 Å². The maximum atomic E-state index is 5.66. The Hall–Kier alpha value is 0.270. The van der Waals surface area contributed by atoms with Gasteiger partial charge in [0.1, 0.15) is 0 Å². The summed E-state index contributed by atoms with van der Waals surface area (Å²) in [7, 11) is 1.84. The quantitative estimate of drug-likeness (QED) is 0.823. The maximum Gasteiger partial charge on any atom is 0.0731 e. The van der Waals surface area contributed by atoms with E-state index in [1.165, 1.54) is 24.3 Å². The lowest BCUT2D eigenvalue weighted by molar-refractivity contribution is -0.182. The van der Waals surface area contributed by atoms with Gasteiger partial charge in [-0.15, -0.1) is 0 Å². The van der Waals surface area contributed by atoms with Crippen molar-refractivity contribution >= 4 is 11.8 Å². The van der Waals surface area contributed by atoms with Crippen molar-refractivity contribution in [2.24, 2.45) is 5.41 Å². The highest BCUT2D eigenvalue weighted by atomic mass is 32.2. The van der Waals surface area contributed by atoms with Gasteiger partial charge in [0.15, 0.2) is 0 Å². The number of hydrogen-bond acceptors (Lipinski definition) is 3. The molecule has 2 unspecified atom stereocenters. The van der Waals surface area contributed by atoms with Crippen LogP contribution in [0.2, 0.25) is 0 Å². The van der Waals surface area contributed by atoms with Crippen LogP contribution in [-0.2, 0) is 4.74 Å². The lowest BCUT2D eigenvalue weighted by Crippen LogP contribution is -2.69. The van der Waals surface area contributed by atoms with Gasteiger partial charge in [0.2, 0.25) is 0 Å². The van der Waals surface area contributed by atoms with Crippen LogP contribution in [0.1, 0.15) is 40.0 Å². The van der Waals surface area contributed by atoms with Crippen LogP contribution in [0.25, 0.3) is 0 Å². The van der Waals surface area contributed by atoms with E-state index in [9.17, 15) is 0 Å². The summed E-state index contributed by atoms with van der Waals surface area (Å²) in [5.41, 5.74) is 0.320. The summed E-state index contributed by atoms with van der Waals surface area (Å²) in [6.07, 6.45) is 3.82. The summed E-state index contributed by atoms with van der Waals surface area (Å²) in [6.45, 7) is 6.90. The number of rotatable bonds is 3. The molecule has 1 N–H and O–H groups in total. The van der Waals surface area contributed by atoms with Gasteiger partial charge in [-0.3, -0.25) is 0 Å². The average Bonchev–Trinajstić information content (AvgIpc) is 2.29. The zero-order valence-electron chi connectivity index (χ0n) is 11.0. The minimum absolute atomic E-state index is 0.0636. The van der Waals surface area contributed by atoms with E-state index in [-0.39, 0.29) is 11.0 Å². The smallest absolute Gasteiger partial charge is 0.0731 e. The molecule has 2 nitrogen and oxygen atoms in total. The molecule has 0 aromatic rings. The lowest BCUT2D eigenvalue weighted by Gasteiger charge is -2.60. The SMILES string of the molecule is COC1(C)CC(NC2CCSCC2)C1(C)C. The number of nitrogens with one attached hydrogen (secondary N) is 1. The zero-order valence-corrected chi connectivity index (χ0v) is 11.8. The van der Waals surface area contributed by atoms with E-state index in [4.69, 9.17) is 4.74 Å². The average molecular weight is 243 g/mol. The van der Waals surface area contributed by atoms with Gasteiger partial charge in [0.25, 0.3) is 0 Å². The predicted molar refractivity (Wildman–Crippen MR) is 71.1 cm³/mol. The Morgan fingerprint density at radius 1 is 1.19 bits per heavy atom. The van der Waals surface area contributed by atoms with Crippen molar-refractivity contribution in [3.63, 3.8) is 0 Å². The van der Waals surface area contributed by atoms with Gasteiger partial charge in [0.05, 0.1) is 5.60 Å². The largest absolute Gasteiger partial charge is 0.378 e. The van der Waals surface area contributed by atoms with E-state index in [1.54, 1.807) is 0 Å². The Morgan fingerprint density at radius 3 is 2.31 bits per heavy atom. The Morgan fingerprint density at radius 2 is 1.81 bits per heavy atom. The van der Waals surface area contributed by atoms with Crippen molar-refractivity contribution in [2.75, 3.05) is 18.6 Å². The van der Waals surface area contributed by atoms with Gasteiger partial charge in [-0.2, -0.15) is 11.8 Å². The molecule has 2 aliphatic rings. The highest BCUT2D eigenvalue weighted by Crippen LogP contribution is 2.51. The molecule has 1 aliphatic heterocycles. The van der Waals surface area contributed by atoms with Gasteiger partial charge in [-0.25, -0.2) is 0 Å². The van der Waals surface area contributed by atoms with Crippen LogP contribution in [0, 0.1) is 5.41 Å². The van der Waals surface area contributed by atoms with Crippen molar-refractivity contribution in [3.8, 4) is 0 Å². The van der Waals surface area contributed by atoms with E-state index < -0.39 is 0 Å². The number of ether oxygens (including phenoxy) is 1. The Kier molecular flexibility index (Phi) is 3.58. The van der Waals surface area contributed by atoms with Crippen molar-refractivity contribution in [1.82, 2.24) is 5.32 Å². The third kappa shape index (κ3) is 2.02. The fraction of sp³-hybridized carbons (Fsp3) is 1.00. The first-order valence-electron chi connectivity index (χ1n) is 6.38. The maximum absolute atomic E-state index is 5.66. The molecule has 0 spiro atoms. The first-order valence-corrected chi connectivity index (χ1v) is 7.54. The van der Waals surface area contributed by atoms with Crippen LogP contribution < -0.4 is 5.32 Å². The molecule has 16 heavy (non-hydrogen) atoms. The first-order chi connectivity index (χ1) is 7.49. The van der Waals surface area contributed by atoms with Crippen LogP contribution in [0.5, 0.6) is 0 Å². The molecule has 1 heterocycles. The topological polar surface area (TPSA) is 21.3 Å². The van der Waals surface area contributed by atoms with Gasteiger partial charge in [-0.05, 0) is 37.7 Å². The normalized spacial score (nSPS) is 39.4. The van der Waals surface area contributed by atoms with Crippen LogP contribution in [0.15, 0.2) is 0 Å². The number of thioether (sulfide) groups is 1. The third-order valence-electron chi connectivity index (χ3n) is 4.94. The monoisotopic (exact) mass is 243 g/mol. The Labute approximate surface area is 104 Å². The Balaban J connectivity index is 1.88. The van der Waals surface area contributed by atoms with Crippen LogP contribution >= 0.6 is 11.8 Å². The third-order valence-corrected chi connectivity index (χ3v) is 5.99. The molecule has 2 atom stereocenters. The van der Waals surface area contributed by atoms with E-state index >= 15 is 0 Å². The molecule has 0 aromatic heterocycles. The molecule has 0 aromatic carbocycles. The van der Waals surface area contributed by atoms with Crippen molar-refractivity contribution in [3.05, 3.63) is 0 Å². The molecular formula is C13H25NOS. The van der Waals surface area contributed by atoms with E-state index in [2.05, 4.69) is 37.8 Å². The molecule has 0 amide bonds. The van der Waals surface area contributed by atoms with E-state index in [0.29, 0.717) is 6.04 Å². The second-order valence-electron chi connectivity index (χ2n) is 5.97. The lowest BCUT2D eigenvalue weighted by atomic mass is 9.55. The zero-order chi connectivity index (χ0) is 11.8. The summed E-state index contributed by atoms with van der Waals surface area (Å²) in [5, 5.41) is 3.84. The summed E-state index contributed by atoms with van der Waals surface area (Å²) >= 11 is 2.09. The molecule has 1 saturated carbocycles. The molecular weight excluding hydrogens is 218 g/mol. The standard InChI is InChI=1S/C13H25NOS/c1-12(2)11(9-13(12,3)15-4)14-10-5-7-16-8-6-10/h10-11,14H,5-9H2,1-4H3. The van der Waals surface area contributed by atoms with Crippen LogP contribution in [0.3, 0.4) is 0 Å². The second-order valence-corrected chi connectivity index (χ2v) is 7.19. The fourth-order valence-corrected chi connectivity index (χ4v) is 4.01. The van der Waals surface area contributed by atoms with Gasteiger partial charge < -0.3 is 10.1 Å². The molecule has 3 heteroatoms. The Bertz CT molecular complexity index is 250. The molecule has 2 rings (SSSR count). The summed E-state index contributed by atoms with van der Waals surface area (Å²) < 4.78 is 5.66. The molecule has 94 valence electrons. The molecule has 0 radical (unpaired) electrons. The predicted octanol–water partition coefficient (Wildman–Crippen LogP) is 2.68. The summed E-state index contributed by atoms with van der Waals surface area (Å²) in [4.78, 5) is 0. The van der Waals surface area contributed by atoms with Crippen molar-refractivity contribution in [2.45, 2.75) is 57.7 Å². The van der Waals surface area contributed by atoms with Gasteiger partial charge >= 0.3 is 0 Å². The van der Waals surface area contributed by atoms with Crippen LogP contribution in [-0.4, -0.2) is 36.3 Å². The molecule has 1 saturated heterocycles. The fourth-order valence-electron chi connectivity index (χ4n) is 2.91. The minimum Gasteiger partial charge on any atom is -0.378 e. The molecule has 1 aliphatic carbocycles. The van der Waals surface area contributed by atoms with Crippen LogP contribution in [0.4, 0.5) is 0 Å². The molecule has 2 fully saturated rings. The first kappa shape index (κ1) is 12.7. The number of methoxy groups -OCH3 is 1. The highest BCUT2D eigenvalue weighted by Gasteiger charge is 2.57. The molecule has 0 bridgehead atoms. The second kappa shape index (κ2) is 4.51. The van der Waals surface area contributed by atoms with Gasteiger partial charge in [-0.1, -0.05) is 13.8 Å². The van der Waals surface area contributed by atoms with Gasteiger partial charge in [0, 0.05) is 24.6 Å². The van der Waals surface area contributed by atoms with Crippen molar-refractivity contribution in [1.29, 1.82) is 0 Å². The highest BCUT2D eigenvalue weighted by molar-refractivity contribution is 7.99. The summed E-state index contributed by atoms with van der Waals surface area (Å²) in [6, 6.07) is 1.37. The van der Waals surface area contributed by atoms with E-state index in [1.807, 2.05) is 7.11 Å². The minimum atomic E-state index is 0.0636. The summed E-state index contributed by atoms with van der Waals surface area (Å²) in [5.74, 6) is 2.65.